The molecule has 0 radical (unpaired) electrons. The molecule has 14 heavy (non-hydrogen) atoms. The van der Waals surface area contributed by atoms with Crippen molar-refractivity contribution in [3.8, 4) is 0 Å². The first-order chi connectivity index (χ1) is 6.77. The molecule has 78 valence electrons. The third-order valence-corrected chi connectivity index (χ3v) is 2.73. The van der Waals surface area contributed by atoms with Gasteiger partial charge in [-0.15, -0.1) is 5.10 Å². The highest BCUT2D eigenvalue weighted by atomic mass is 16.5. The van der Waals surface area contributed by atoms with Gasteiger partial charge in [0.2, 0.25) is 0 Å². The highest BCUT2D eigenvalue weighted by Crippen LogP contribution is 2.42. The maximum absolute atomic E-state index is 5.58. The molecule has 0 spiro atoms. The molecule has 1 aliphatic carbocycles. The topological polar surface area (TPSA) is 66.0 Å². The van der Waals surface area contributed by atoms with Crippen LogP contribution in [-0.2, 0) is 17.9 Å². The molecule has 1 aliphatic rings. The summed E-state index contributed by atoms with van der Waals surface area (Å²) in [5.74, 6) is 0.706. The summed E-state index contributed by atoms with van der Waals surface area (Å²) in [5, 5.41) is 8.18. The van der Waals surface area contributed by atoms with Gasteiger partial charge in [-0.3, -0.25) is 0 Å². The van der Waals surface area contributed by atoms with Crippen LogP contribution < -0.4 is 5.73 Å². The van der Waals surface area contributed by atoms with Gasteiger partial charge in [0.1, 0.15) is 5.69 Å². The molecule has 5 nitrogen and oxygen atoms in total. The Morgan fingerprint density at radius 2 is 2.36 bits per heavy atom. The lowest BCUT2D eigenvalue weighted by Crippen LogP contribution is -2.08. The Morgan fingerprint density at radius 3 is 2.86 bits per heavy atom. The van der Waals surface area contributed by atoms with E-state index in [1.165, 1.54) is 6.42 Å². The number of rotatable bonds is 4. The Kier molecular flexibility index (Phi) is 2.52. The molecule has 1 aromatic rings. The molecule has 0 aromatic carbocycles. The predicted molar refractivity (Wildman–Crippen MR) is 51.4 cm³/mol. The third kappa shape index (κ3) is 1.53. The molecule has 2 N–H and O–H groups in total. The van der Waals surface area contributed by atoms with Crippen LogP contribution in [0.15, 0.2) is 0 Å². The summed E-state index contributed by atoms with van der Waals surface area (Å²) in [6.45, 7) is 3.19. The molecule has 2 atom stereocenters. The second kappa shape index (κ2) is 3.67. The lowest BCUT2D eigenvalue weighted by atomic mass is 10.3. The maximum atomic E-state index is 5.58. The molecule has 1 heterocycles. The molecule has 1 fully saturated rings. The summed E-state index contributed by atoms with van der Waals surface area (Å²) in [6.07, 6.45) is 1.18. The number of ether oxygens (including phenoxy) is 1. The zero-order chi connectivity index (χ0) is 10.1. The van der Waals surface area contributed by atoms with E-state index in [1.807, 2.05) is 4.68 Å². The van der Waals surface area contributed by atoms with Crippen molar-refractivity contribution in [1.29, 1.82) is 0 Å². The molecular formula is C9H16N4O. The molecule has 0 bridgehead atoms. The number of nitrogens with two attached hydrogens (primary N) is 1. The summed E-state index contributed by atoms with van der Waals surface area (Å²) in [6, 6.07) is 0.507. The van der Waals surface area contributed by atoms with Crippen LogP contribution in [0.5, 0.6) is 0 Å². The van der Waals surface area contributed by atoms with E-state index >= 15 is 0 Å². The van der Waals surface area contributed by atoms with E-state index in [-0.39, 0.29) is 0 Å². The molecule has 1 aromatic heterocycles. The lowest BCUT2D eigenvalue weighted by molar-refractivity contribution is 0.175. The number of aromatic nitrogens is 3. The third-order valence-electron chi connectivity index (χ3n) is 2.73. The second-order valence-electron chi connectivity index (χ2n) is 3.84. The minimum atomic E-state index is 0.430. The van der Waals surface area contributed by atoms with Crippen LogP contribution in [0.2, 0.25) is 0 Å². The normalized spacial score (nSPS) is 25.4. The Morgan fingerprint density at radius 1 is 1.64 bits per heavy atom. The molecule has 0 amide bonds. The van der Waals surface area contributed by atoms with Crippen molar-refractivity contribution in [1.82, 2.24) is 15.0 Å². The fourth-order valence-electron chi connectivity index (χ4n) is 1.70. The van der Waals surface area contributed by atoms with Crippen LogP contribution in [0, 0.1) is 5.92 Å². The van der Waals surface area contributed by atoms with Crippen LogP contribution in [0.25, 0.3) is 0 Å². The zero-order valence-electron chi connectivity index (χ0n) is 8.60. The van der Waals surface area contributed by atoms with E-state index in [1.54, 1.807) is 7.11 Å². The average molecular weight is 196 g/mol. The van der Waals surface area contributed by atoms with E-state index in [9.17, 15) is 0 Å². The first-order valence-electron chi connectivity index (χ1n) is 4.89. The van der Waals surface area contributed by atoms with E-state index < -0.39 is 0 Å². The van der Waals surface area contributed by atoms with Crippen LogP contribution in [0.1, 0.15) is 30.8 Å². The summed E-state index contributed by atoms with van der Waals surface area (Å²) >= 11 is 0. The van der Waals surface area contributed by atoms with Crippen molar-refractivity contribution in [3.05, 3.63) is 11.4 Å². The minimum Gasteiger partial charge on any atom is -0.378 e. The standard InChI is InChI=1S/C9H16N4O/c1-6-3-8(6)13-9(5-14-2)7(4-10)11-12-13/h6,8H,3-5,10H2,1-2H3. The van der Waals surface area contributed by atoms with Crippen molar-refractivity contribution < 1.29 is 4.74 Å². The van der Waals surface area contributed by atoms with E-state index in [4.69, 9.17) is 10.5 Å². The molecule has 5 heteroatoms. The Bertz CT molecular complexity index is 323. The molecule has 2 rings (SSSR count). The van der Waals surface area contributed by atoms with Gasteiger partial charge in [-0.2, -0.15) is 0 Å². The van der Waals surface area contributed by atoms with Gasteiger partial charge in [0.25, 0.3) is 0 Å². The van der Waals surface area contributed by atoms with Crippen LogP contribution in [-0.4, -0.2) is 22.1 Å². The first kappa shape index (κ1) is 9.61. The van der Waals surface area contributed by atoms with Gasteiger partial charge in [0, 0.05) is 13.7 Å². The van der Waals surface area contributed by atoms with Gasteiger partial charge in [0.05, 0.1) is 18.3 Å². The quantitative estimate of drug-likeness (QED) is 0.760. The SMILES string of the molecule is COCc1c(CN)nnn1C1CC1C. The summed E-state index contributed by atoms with van der Waals surface area (Å²) in [4.78, 5) is 0. The van der Waals surface area contributed by atoms with Gasteiger partial charge >= 0.3 is 0 Å². The molecule has 1 saturated carbocycles. The molecule has 0 saturated heterocycles. The van der Waals surface area contributed by atoms with Crippen LogP contribution in [0.4, 0.5) is 0 Å². The summed E-state index contributed by atoms with van der Waals surface area (Å²) < 4.78 is 7.09. The van der Waals surface area contributed by atoms with Gasteiger partial charge < -0.3 is 10.5 Å². The minimum absolute atomic E-state index is 0.430. The first-order valence-corrected chi connectivity index (χ1v) is 4.89. The smallest absolute Gasteiger partial charge is 0.102 e. The van der Waals surface area contributed by atoms with E-state index in [2.05, 4.69) is 17.2 Å². The van der Waals surface area contributed by atoms with Crippen molar-refractivity contribution >= 4 is 0 Å². The highest BCUT2D eigenvalue weighted by Gasteiger charge is 2.37. The van der Waals surface area contributed by atoms with Gasteiger partial charge in [-0.05, 0) is 12.3 Å². The molecular weight excluding hydrogens is 180 g/mol. The van der Waals surface area contributed by atoms with Gasteiger partial charge in [0.15, 0.2) is 0 Å². The van der Waals surface area contributed by atoms with Gasteiger partial charge in [-0.25, -0.2) is 4.68 Å². The maximum Gasteiger partial charge on any atom is 0.102 e. The monoisotopic (exact) mass is 196 g/mol. The molecule has 0 aliphatic heterocycles. The fourth-order valence-corrected chi connectivity index (χ4v) is 1.70. The molecule has 2 unspecified atom stereocenters. The predicted octanol–water partition coefficient (Wildman–Crippen LogP) is 0.464. The van der Waals surface area contributed by atoms with Crippen molar-refractivity contribution in [2.24, 2.45) is 11.7 Å². The van der Waals surface area contributed by atoms with Gasteiger partial charge in [-0.1, -0.05) is 12.1 Å². The largest absolute Gasteiger partial charge is 0.378 e. The number of hydrogen-bond donors (Lipinski definition) is 1. The van der Waals surface area contributed by atoms with Crippen molar-refractivity contribution in [2.45, 2.75) is 32.5 Å². The summed E-state index contributed by atoms with van der Waals surface area (Å²) in [7, 11) is 1.67. The van der Waals surface area contributed by atoms with Crippen molar-refractivity contribution in [3.63, 3.8) is 0 Å². The number of methoxy groups -OCH3 is 1. The Hall–Kier alpha value is -0.940. The van der Waals surface area contributed by atoms with E-state index in [0.717, 1.165) is 11.4 Å². The zero-order valence-corrected chi connectivity index (χ0v) is 8.60. The second-order valence-corrected chi connectivity index (χ2v) is 3.84. The highest BCUT2D eigenvalue weighted by molar-refractivity contribution is 5.11. The Labute approximate surface area is 83.2 Å². The van der Waals surface area contributed by atoms with Crippen LogP contribution >= 0.6 is 0 Å². The van der Waals surface area contributed by atoms with E-state index in [0.29, 0.717) is 25.1 Å². The average Bonchev–Trinajstić information content (AvgIpc) is 2.77. The van der Waals surface area contributed by atoms with Crippen LogP contribution in [0.3, 0.4) is 0 Å². The summed E-state index contributed by atoms with van der Waals surface area (Å²) in [5.41, 5.74) is 7.46. The fraction of sp³-hybridized carbons (Fsp3) is 0.778. The lowest BCUT2D eigenvalue weighted by Gasteiger charge is -2.05. The number of nitrogens with zero attached hydrogens (tertiary/aromatic N) is 3. The van der Waals surface area contributed by atoms with Crippen molar-refractivity contribution in [2.75, 3.05) is 7.11 Å². The number of hydrogen-bond acceptors (Lipinski definition) is 4. The Balaban J connectivity index is 2.25.